The average molecular weight is 274 g/mol. The number of rotatable bonds is 2. The molecule has 2 amide bonds. The highest BCUT2D eigenvalue weighted by Gasteiger charge is 2.39. The molecule has 0 radical (unpaired) electrons. The van der Waals surface area contributed by atoms with Crippen molar-refractivity contribution >= 4 is 11.8 Å². The van der Waals surface area contributed by atoms with Crippen LogP contribution >= 0.6 is 0 Å². The molecule has 1 aliphatic heterocycles. The lowest BCUT2D eigenvalue weighted by molar-refractivity contribution is -0.126. The molecule has 1 heterocycles. The Morgan fingerprint density at radius 1 is 1.25 bits per heavy atom. The first-order valence-electron chi connectivity index (χ1n) is 7.05. The van der Waals surface area contributed by atoms with Gasteiger partial charge in [0.05, 0.1) is 6.04 Å². The summed E-state index contributed by atoms with van der Waals surface area (Å²) in [5, 5.41) is 3.02. The van der Waals surface area contributed by atoms with Crippen molar-refractivity contribution in [1.29, 1.82) is 0 Å². The molecule has 20 heavy (non-hydrogen) atoms. The van der Waals surface area contributed by atoms with Crippen LogP contribution in [-0.4, -0.2) is 11.8 Å². The Kier molecular flexibility index (Phi) is 4.12. The van der Waals surface area contributed by atoms with Gasteiger partial charge >= 0.3 is 0 Å². The Labute approximate surface area is 119 Å². The van der Waals surface area contributed by atoms with E-state index in [1.165, 1.54) is 5.56 Å². The fourth-order valence-electron chi connectivity index (χ4n) is 2.26. The van der Waals surface area contributed by atoms with Gasteiger partial charge < -0.3 is 11.1 Å². The van der Waals surface area contributed by atoms with Gasteiger partial charge in [0, 0.05) is 11.3 Å². The molecule has 1 unspecified atom stereocenters. The van der Waals surface area contributed by atoms with Crippen molar-refractivity contribution in [3.63, 3.8) is 0 Å². The fraction of sp³-hybridized carbons (Fsp3) is 0.500. The molecule has 0 aromatic heterocycles. The minimum atomic E-state index is -0.222. The zero-order chi connectivity index (χ0) is 14.8. The van der Waals surface area contributed by atoms with Crippen molar-refractivity contribution < 1.29 is 9.59 Å². The summed E-state index contributed by atoms with van der Waals surface area (Å²) >= 11 is 0. The third kappa shape index (κ3) is 3.59. The number of hydrogen-bond donors (Lipinski definition) is 2. The third-order valence-electron chi connectivity index (χ3n) is 3.82. The van der Waals surface area contributed by atoms with E-state index in [4.69, 9.17) is 5.73 Å². The van der Waals surface area contributed by atoms with E-state index in [-0.39, 0.29) is 29.2 Å². The van der Waals surface area contributed by atoms with Crippen molar-refractivity contribution in [1.82, 2.24) is 5.32 Å². The fourth-order valence-corrected chi connectivity index (χ4v) is 2.26. The van der Waals surface area contributed by atoms with E-state index in [9.17, 15) is 9.59 Å². The summed E-state index contributed by atoms with van der Waals surface area (Å²) in [7, 11) is 0. The summed E-state index contributed by atoms with van der Waals surface area (Å²) < 4.78 is 0. The topological polar surface area (TPSA) is 72.2 Å². The van der Waals surface area contributed by atoms with Gasteiger partial charge in [0.2, 0.25) is 11.8 Å². The first kappa shape index (κ1) is 14.6. The number of nitrogens with one attached hydrogen (secondary N) is 1. The smallest absolute Gasteiger partial charge is 0.226 e. The highest BCUT2D eigenvalue weighted by Crippen LogP contribution is 2.36. The Bertz CT molecular complexity index is 492. The zero-order valence-corrected chi connectivity index (χ0v) is 12.1. The molecule has 2 fully saturated rings. The standard InChI is InChI=1S/C12H15NO.C4H7NO/c1-12(2)8-10(13-11(12)14)9-6-4-3-5-7-9;5-4(6)3-1-2-3/h3-7,10H,8H2,1-2H3,(H,13,14);3H,1-2H2,(H2,5,6). The van der Waals surface area contributed by atoms with Gasteiger partial charge in [0.15, 0.2) is 0 Å². The molecular weight excluding hydrogens is 252 g/mol. The monoisotopic (exact) mass is 274 g/mol. The molecule has 4 heteroatoms. The van der Waals surface area contributed by atoms with Gasteiger partial charge in [-0.3, -0.25) is 9.59 Å². The highest BCUT2D eigenvalue weighted by molar-refractivity contribution is 5.84. The maximum Gasteiger partial charge on any atom is 0.226 e. The van der Waals surface area contributed by atoms with Crippen LogP contribution in [0.5, 0.6) is 0 Å². The minimum Gasteiger partial charge on any atom is -0.369 e. The van der Waals surface area contributed by atoms with Gasteiger partial charge in [-0.1, -0.05) is 44.2 Å². The Balaban J connectivity index is 0.000000205. The van der Waals surface area contributed by atoms with Gasteiger partial charge in [0.1, 0.15) is 0 Å². The van der Waals surface area contributed by atoms with Crippen molar-refractivity contribution in [2.75, 3.05) is 0 Å². The van der Waals surface area contributed by atoms with Crippen molar-refractivity contribution in [2.45, 2.75) is 39.2 Å². The number of carbonyl (C=O) groups excluding carboxylic acids is 2. The van der Waals surface area contributed by atoms with Gasteiger partial charge in [-0.05, 0) is 24.8 Å². The van der Waals surface area contributed by atoms with Gasteiger partial charge in [-0.25, -0.2) is 0 Å². The highest BCUT2D eigenvalue weighted by atomic mass is 16.2. The number of benzene rings is 1. The second-order valence-electron chi connectivity index (χ2n) is 6.20. The van der Waals surface area contributed by atoms with Gasteiger partial charge in [-0.2, -0.15) is 0 Å². The van der Waals surface area contributed by atoms with E-state index < -0.39 is 0 Å². The molecular formula is C16H22N2O2. The van der Waals surface area contributed by atoms with Crippen LogP contribution in [0.2, 0.25) is 0 Å². The molecule has 3 N–H and O–H groups in total. The molecule has 4 nitrogen and oxygen atoms in total. The van der Waals surface area contributed by atoms with Crippen molar-refractivity contribution in [2.24, 2.45) is 17.1 Å². The van der Waals surface area contributed by atoms with Crippen LogP contribution in [0.3, 0.4) is 0 Å². The lowest BCUT2D eigenvalue weighted by atomic mass is 9.88. The molecule has 1 aromatic carbocycles. The van der Waals surface area contributed by atoms with E-state index in [0.717, 1.165) is 19.3 Å². The lowest BCUT2D eigenvalue weighted by Gasteiger charge is -2.12. The summed E-state index contributed by atoms with van der Waals surface area (Å²) in [6.45, 7) is 3.98. The number of amides is 2. The van der Waals surface area contributed by atoms with Crippen LogP contribution in [-0.2, 0) is 9.59 Å². The maximum absolute atomic E-state index is 11.6. The normalized spacial score (nSPS) is 23.5. The maximum atomic E-state index is 11.6. The molecule has 1 atom stereocenters. The quantitative estimate of drug-likeness (QED) is 0.867. The van der Waals surface area contributed by atoms with Crippen molar-refractivity contribution in [3.05, 3.63) is 35.9 Å². The molecule has 1 saturated heterocycles. The Morgan fingerprint density at radius 3 is 2.20 bits per heavy atom. The van der Waals surface area contributed by atoms with E-state index in [2.05, 4.69) is 17.4 Å². The number of nitrogens with two attached hydrogens (primary N) is 1. The van der Waals surface area contributed by atoms with Crippen LogP contribution < -0.4 is 11.1 Å². The average Bonchev–Trinajstić information content (AvgIpc) is 3.20. The van der Waals surface area contributed by atoms with Crippen LogP contribution in [0.1, 0.15) is 44.7 Å². The molecule has 1 aliphatic carbocycles. The lowest BCUT2D eigenvalue weighted by Crippen LogP contribution is -2.25. The summed E-state index contributed by atoms with van der Waals surface area (Å²) in [5.41, 5.74) is 5.84. The molecule has 0 spiro atoms. The van der Waals surface area contributed by atoms with E-state index in [1.54, 1.807) is 0 Å². The second kappa shape index (κ2) is 5.65. The molecule has 0 bridgehead atoms. The Hall–Kier alpha value is -1.84. The second-order valence-corrected chi connectivity index (χ2v) is 6.20. The number of hydrogen-bond acceptors (Lipinski definition) is 2. The van der Waals surface area contributed by atoms with Crippen LogP contribution in [0.4, 0.5) is 0 Å². The van der Waals surface area contributed by atoms with Crippen molar-refractivity contribution in [3.8, 4) is 0 Å². The Morgan fingerprint density at radius 2 is 1.85 bits per heavy atom. The SMILES string of the molecule is CC1(C)CC(c2ccccc2)NC1=O.NC(=O)C1CC1. The van der Waals surface area contributed by atoms with E-state index >= 15 is 0 Å². The molecule has 2 aliphatic rings. The van der Waals surface area contributed by atoms with Crippen LogP contribution in [0.25, 0.3) is 0 Å². The first-order chi connectivity index (χ1) is 9.40. The van der Waals surface area contributed by atoms with Gasteiger partial charge in [0.25, 0.3) is 0 Å². The summed E-state index contributed by atoms with van der Waals surface area (Å²) in [6, 6.07) is 10.3. The largest absolute Gasteiger partial charge is 0.369 e. The van der Waals surface area contributed by atoms with Crippen LogP contribution in [0.15, 0.2) is 30.3 Å². The summed E-state index contributed by atoms with van der Waals surface area (Å²) in [5.74, 6) is 0.270. The predicted octanol–water partition coefficient (Wildman–Crippen LogP) is 2.16. The predicted molar refractivity (Wildman–Crippen MR) is 77.6 cm³/mol. The number of primary amides is 1. The van der Waals surface area contributed by atoms with E-state index in [0.29, 0.717) is 0 Å². The molecule has 1 saturated carbocycles. The minimum absolute atomic E-state index is 0.130. The summed E-state index contributed by atoms with van der Waals surface area (Å²) in [4.78, 5) is 21.6. The summed E-state index contributed by atoms with van der Waals surface area (Å²) in [6.07, 6.45) is 2.93. The zero-order valence-electron chi connectivity index (χ0n) is 12.1. The van der Waals surface area contributed by atoms with Crippen LogP contribution in [0, 0.1) is 11.3 Å². The molecule has 3 rings (SSSR count). The third-order valence-corrected chi connectivity index (χ3v) is 3.82. The molecule has 1 aromatic rings. The number of carbonyl (C=O) groups is 2. The molecule has 108 valence electrons. The van der Waals surface area contributed by atoms with E-state index in [1.807, 2.05) is 32.0 Å². The van der Waals surface area contributed by atoms with Gasteiger partial charge in [-0.15, -0.1) is 0 Å². The first-order valence-corrected chi connectivity index (χ1v) is 7.05.